The molecule has 0 aliphatic carbocycles. The molecule has 0 radical (unpaired) electrons. The number of nitrogens with zero attached hydrogens (tertiary/aromatic N) is 2. The summed E-state index contributed by atoms with van der Waals surface area (Å²) in [4.78, 5) is 24.2. The Morgan fingerprint density at radius 3 is 2.07 bits per heavy atom. The van der Waals surface area contributed by atoms with E-state index in [-0.39, 0.29) is 30.1 Å². The maximum Gasteiger partial charge on any atom is 0.226 e. The number of nitrogens with one attached hydrogen (secondary N) is 2. The van der Waals surface area contributed by atoms with Crippen molar-refractivity contribution in [2.45, 2.75) is 39.0 Å². The third-order valence-electron chi connectivity index (χ3n) is 4.01. The lowest BCUT2D eigenvalue weighted by Crippen LogP contribution is -2.17. The third kappa shape index (κ3) is 6.38. The van der Waals surface area contributed by atoms with Crippen molar-refractivity contribution in [3.63, 3.8) is 0 Å². The summed E-state index contributed by atoms with van der Waals surface area (Å²) < 4.78 is 5.72. The first-order valence-electron chi connectivity index (χ1n) is 9.56. The second-order valence-electron chi connectivity index (χ2n) is 7.70. The monoisotopic (exact) mass is 424 g/mol. The van der Waals surface area contributed by atoms with Crippen LogP contribution < -0.4 is 15.4 Å². The van der Waals surface area contributed by atoms with E-state index in [9.17, 15) is 9.59 Å². The van der Waals surface area contributed by atoms with Crippen LogP contribution in [0.1, 0.15) is 38.6 Å². The Kier molecular flexibility index (Phi) is 6.79. The molecule has 0 unspecified atom stereocenters. The van der Waals surface area contributed by atoms with Gasteiger partial charge in [-0.25, -0.2) is 0 Å². The average molecular weight is 425 g/mol. The van der Waals surface area contributed by atoms with Crippen LogP contribution in [0.3, 0.4) is 0 Å². The third-order valence-corrected chi connectivity index (χ3v) is 5.27. The summed E-state index contributed by atoms with van der Waals surface area (Å²) in [5.41, 5.74) is 0.516. The number of ether oxygens (including phenoxy) is 1. The van der Waals surface area contributed by atoms with Crippen molar-refractivity contribution in [2.24, 2.45) is 0 Å². The van der Waals surface area contributed by atoms with Gasteiger partial charge in [-0.1, -0.05) is 50.3 Å². The van der Waals surface area contributed by atoms with Gasteiger partial charge in [0, 0.05) is 23.9 Å². The maximum absolute atomic E-state index is 12.1. The van der Waals surface area contributed by atoms with Crippen LogP contribution in [0.2, 0.25) is 0 Å². The number of aromatic nitrogens is 2. The van der Waals surface area contributed by atoms with Crippen LogP contribution >= 0.6 is 11.3 Å². The van der Waals surface area contributed by atoms with Gasteiger partial charge in [-0.2, -0.15) is 0 Å². The Hall–Kier alpha value is -3.26. The molecular formula is C22H24N4O3S. The van der Waals surface area contributed by atoms with Crippen LogP contribution in [0.15, 0.2) is 54.6 Å². The average Bonchev–Trinajstić information content (AvgIpc) is 3.18. The molecule has 3 aromatic rings. The van der Waals surface area contributed by atoms with Gasteiger partial charge in [-0.15, -0.1) is 10.2 Å². The van der Waals surface area contributed by atoms with Crippen LogP contribution in [0.5, 0.6) is 11.5 Å². The molecule has 2 aromatic carbocycles. The Balaban J connectivity index is 1.44. The number of rotatable bonds is 7. The molecule has 1 heterocycles. The molecular weight excluding hydrogens is 400 g/mol. The molecule has 0 saturated carbocycles. The summed E-state index contributed by atoms with van der Waals surface area (Å²) in [5.74, 6) is 0.901. The van der Waals surface area contributed by atoms with Crippen molar-refractivity contribution in [3.05, 3.63) is 59.6 Å². The first-order valence-corrected chi connectivity index (χ1v) is 10.4. The van der Waals surface area contributed by atoms with Crippen LogP contribution in [0.25, 0.3) is 0 Å². The molecule has 7 nitrogen and oxygen atoms in total. The van der Waals surface area contributed by atoms with Gasteiger partial charge >= 0.3 is 0 Å². The molecule has 0 bridgehead atoms. The minimum Gasteiger partial charge on any atom is -0.457 e. The van der Waals surface area contributed by atoms with Crippen LogP contribution in [0, 0.1) is 0 Å². The summed E-state index contributed by atoms with van der Waals surface area (Å²) in [6.07, 6.45) is 0.129. The molecule has 156 valence electrons. The Morgan fingerprint density at radius 1 is 0.867 bits per heavy atom. The molecule has 0 aliphatic rings. The Labute approximate surface area is 179 Å². The summed E-state index contributed by atoms with van der Waals surface area (Å²) in [5, 5.41) is 14.8. The molecule has 0 saturated heterocycles. The van der Waals surface area contributed by atoms with E-state index in [2.05, 4.69) is 20.8 Å². The van der Waals surface area contributed by atoms with Crippen LogP contribution in [-0.4, -0.2) is 22.0 Å². The zero-order valence-electron chi connectivity index (χ0n) is 17.1. The molecule has 0 atom stereocenters. The van der Waals surface area contributed by atoms with E-state index in [0.29, 0.717) is 16.6 Å². The van der Waals surface area contributed by atoms with Crippen molar-refractivity contribution in [1.29, 1.82) is 0 Å². The van der Waals surface area contributed by atoms with E-state index in [4.69, 9.17) is 4.74 Å². The topological polar surface area (TPSA) is 93.2 Å². The van der Waals surface area contributed by atoms with Gasteiger partial charge in [0.05, 0.1) is 0 Å². The Bertz CT molecular complexity index is 995. The normalized spacial score (nSPS) is 11.0. The van der Waals surface area contributed by atoms with E-state index < -0.39 is 0 Å². The summed E-state index contributed by atoms with van der Waals surface area (Å²) in [7, 11) is 0. The van der Waals surface area contributed by atoms with Crippen LogP contribution in [-0.2, 0) is 15.0 Å². The molecule has 30 heavy (non-hydrogen) atoms. The van der Waals surface area contributed by atoms with Crippen molar-refractivity contribution in [1.82, 2.24) is 10.2 Å². The predicted molar refractivity (Wildman–Crippen MR) is 118 cm³/mol. The molecule has 2 N–H and O–H groups in total. The minimum atomic E-state index is -0.270. The van der Waals surface area contributed by atoms with Crippen LogP contribution in [0.4, 0.5) is 10.8 Å². The lowest BCUT2D eigenvalue weighted by molar-refractivity contribution is -0.121. The van der Waals surface area contributed by atoms with Gasteiger partial charge in [0.1, 0.15) is 16.5 Å². The fourth-order valence-corrected chi connectivity index (χ4v) is 3.26. The molecule has 3 rings (SSSR count). The highest BCUT2D eigenvalue weighted by Gasteiger charge is 2.20. The molecule has 8 heteroatoms. The van der Waals surface area contributed by atoms with Gasteiger partial charge < -0.3 is 15.4 Å². The molecule has 0 spiro atoms. The molecule has 0 fully saturated rings. The van der Waals surface area contributed by atoms with E-state index in [1.54, 1.807) is 24.3 Å². The number of amides is 2. The number of anilines is 2. The summed E-state index contributed by atoms with van der Waals surface area (Å²) >= 11 is 1.34. The molecule has 1 aromatic heterocycles. The largest absolute Gasteiger partial charge is 0.457 e. The van der Waals surface area contributed by atoms with Gasteiger partial charge in [-0.3, -0.25) is 9.59 Å². The quantitative estimate of drug-likeness (QED) is 0.558. The lowest BCUT2D eigenvalue weighted by Gasteiger charge is -2.12. The van der Waals surface area contributed by atoms with E-state index in [1.165, 1.54) is 11.3 Å². The van der Waals surface area contributed by atoms with Crippen molar-refractivity contribution in [3.8, 4) is 11.5 Å². The number of carbonyl (C=O) groups excluding carboxylic acids is 2. The fourth-order valence-electron chi connectivity index (χ4n) is 2.44. The maximum atomic E-state index is 12.1. The summed E-state index contributed by atoms with van der Waals surface area (Å²) in [6.45, 7) is 6.09. The number of benzene rings is 2. The fraction of sp³-hybridized carbons (Fsp3) is 0.273. The molecule has 0 aliphatic heterocycles. The van der Waals surface area contributed by atoms with Gasteiger partial charge in [0.25, 0.3) is 0 Å². The first kappa shape index (κ1) is 21.4. The number of hydrogen-bond donors (Lipinski definition) is 2. The Morgan fingerprint density at radius 2 is 1.47 bits per heavy atom. The van der Waals surface area contributed by atoms with E-state index in [0.717, 1.165) is 10.8 Å². The SMILES string of the molecule is CC(C)(C)c1nnc(NC(=O)CCC(=O)Nc2ccc(Oc3ccccc3)cc2)s1. The standard InChI is InChI=1S/C22H24N4O3S/c1-22(2,3)20-25-26-21(30-20)24-19(28)14-13-18(27)23-15-9-11-17(12-10-15)29-16-7-5-4-6-8-16/h4-12H,13-14H2,1-3H3,(H,23,27)(H,24,26,28). The zero-order chi connectivity index (χ0) is 21.6. The van der Waals surface area contributed by atoms with E-state index in [1.807, 2.05) is 51.1 Å². The number of para-hydroxylation sites is 1. The van der Waals surface area contributed by atoms with E-state index >= 15 is 0 Å². The highest BCUT2D eigenvalue weighted by molar-refractivity contribution is 7.15. The highest BCUT2D eigenvalue weighted by Crippen LogP contribution is 2.27. The molecule has 2 amide bonds. The van der Waals surface area contributed by atoms with Crippen molar-refractivity contribution < 1.29 is 14.3 Å². The van der Waals surface area contributed by atoms with Gasteiger partial charge in [0.2, 0.25) is 16.9 Å². The number of carbonyl (C=O) groups is 2. The van der Waals surface area contributed by atoms with Gasteiger partial charge in [-0.05, 0) is 36.4 Å². The smallest absolute Gasteiger partial charge is 0.226 e. The second kappa shape index (κ2) is 9.49. The number of hydrogen-bond acceptors (Lipinski definition) is 6. The van der Waals surface area contributed by atoms with Gasteiger partial charge in [0.15, 0.2) is 0 Å². The minimum absolute atomic E-state index is 0.0610. The first-order chi connectivity index (χ1) is 14.3. The zero-order valence-corrected chi connectivity index (χ0v) is 18.0. The van der Waals surface area contributed by atoms with Crippen molar-refractivity contribution in [2.75, 3.05) is 10.6 Å². The second-order valence-corrected chi connectivity index (χ2v) is 8.68. The lowest BCUT2D eigenvalue weighted by atomic mass is 9.98. The predicted octanol–water partition coefficient (Wildman–Crippen LogP) is 4.99. The summed E-state index contributed by atoms with van der Waals surface area (Å²) in [6, 6.07) is 16.5. The van der Waals surface area contributed by atoms with Crippen molar-refractivity contribution >= 4 is 34.0 Å². The highest BCUT2D eigenvalue weighted by atomic mass is 32.1.